The summed E-state index contributed by atoms with van der Waals surface area (Å²) in [7, 11) is 0. The van der Waals surface area contributed by atoms with Crippen LogP contribution in [-0.2, 0) is 4.74 Å². The third-order valence-electron chi connectivity index (χ3n) is 2.89. The van der Waals surface area contributed by atoms with Gasteiger partial charge in [0.05, 0.1) is 0 Å². The molecule has 0 aliphatic heterocycles. The van der Waals surface area contributed by atoms with Crippen LogP contribution >= 0.6 is 0 Å². The van der Waals surface area contributed by atoms with Crippen LogP contribution < -0.4 is 0 Å². The van der Waals surface area contributed by atoms with Gasteiger partial charge in [-0.25, -0.2) is 0 Å². The van der Waals surface area contributed by atoms with E-state index >= 15 is 0 Å². The molecular weight excluding hydrogens is 339 g/mol. The Balaban J connectivity index is 2.24. The molecule has 2 aromatic rings. The second-order valence-corrected chi connectivity index (χ2v) is 21.5. The molecule has 0 saturated carbocycles. The molecule has 0 unspecified atom stereocenters. The van der Waals surface area contributed by atoms with Crippen molar-refractivity contribution >= 4 is 18.4 Å². The molecule has 0 aliphatic carbocycles. The molecule has 100 valence electrons. The Kier molecular flexibility index (Phi) is 5.05. The molecule has 1 nitrogen and oxygen atoms in total. The minimum atomic E-state index is -1.91. The van der Waals surface area contributed by atoms with Gasteiger partial charge >= 0.3 is 120 Å². The topological polar surface area (TPSA) is 9.23 Å². The summed E-state index contributed by atoms with van der Waals surface area (Å²) in [6.45, 7) is 0. The first kappa shape index (κ1) is 14.6. The third kappa shape index (κ3) is 4.66. The average Bonchev–Trinajstić information content (AvgIpc) is 2.40. The predicted molar refractivity (Wildman–Crippen MR) is 84.0 cm³/mol. The van der Waals surface area contributed by atoms with Gasteiger partial charge < -0.3 is 0 Å². The molecule has 0 saturated heterocycles. The molecule has 19 heavy (non-hydrogen) atoms. The molecule has 0 spiro atoms. The van der Waals surface area contributed by atoms with Gasteiger partial charge in [-0.3, -0.25) is 0 Å². The first-order chi connectivity index (χ1) is 9.06. The summed E-state index contributed by atoms with van der Waals surface area (Å²) >= 11 is -1.91. The first-order valence-electron chi connectivity index (χ1n) is 6.78. The van der Waals surface area contributed by atoms with Crippen molar-refractivity contribution in [2.45, 2.75) is 20.9 Å². The maximum absolute atomic E-state index is 6.27. The van der Waals surface area contributed by atoms with Crippen molar-refractivity contribution in [3.63, 3.8) is 0 Å². The van der Waals surface area contributed by atoms with E-state index in [9.17, 15) is 0 Å². The molecule has 0 amide bonds. The Morgan fingerprint density at radius 2 is 1.21 bits per heavy atom. The van der Waals surface area contributed by atoms with Gasteiger partial charge in [-0.2, -0.15) is 0 Å². The summed E-state index contributed by atoms with van der Waals surface area (Å²) in [5.41, 5.74) is 2.48. The molecule has 2 heteroatoms. The molecule has 0 aromatic heterocycles. The van der Waals surface area contributed by atoms with Crippen molar-refractivity contribution < 1.29 is 4.74 Å². The van der Waals surface area contributed by atoms with E-state index in [0.717, 1.165) is 4.62 Å². The van der Waals surface area contributed by atoms with Gasteiger partial charge in [-0.15, -0.1) is 0 Å². The molecule has 0 radical (unpaired) electrons. The Bertz CT molecular complexity index is 448. The summed E-state index contributed by atoms with van der Waals surface area (Å²) < 4.78 is 7.22. The molecular formula is C17H22OSn. The van der Waals surface area contributed by atoms with Crippen LogP contribution in [0.15, 0.2) is 60.7 Å². The second-order valence-electron chi connectivity index (χ2n) is 6.07. The predicted octanol–water partition coefficient (Wildman–Crippen LogP) is 4.67. The quantitative estimate of drug-likeness (QED) is 0.704. The van der Waals surface area contributed by atoms with Gasteiger partial charge in [-0.1, -0.05) is 0 Å². The SMILES string of the molecule is [CH3][Sn]([CH3])([CH3])[CH2]OC(c1ccccc1)c1ccccc1. The van der Waals surface area contributed by atoms with E-state index in [4.69, 9.17) is 4.74 Å². The van der Waals surface area contributed by atoms with Gasteiger partial charge in [-0.05, 0) is 0 Å². The number of ether oxygens (including phenoxy) is 1. The number of benzene rings is 2. The van der Waals surface area contributed by atoms with Crippen molar-refractivity contribution in [1.82, 2.24) is 0 Å². The van der Waals surface area contributed by atoms with Crippen LogP contribution in [0.2, 0.25) is 14.8 Å². The van der Waals surface area contributed by atoms with Crippen molar-refractivity contribution in [3.05, 3.63) is 71.8 Å². The van der Waals surface area contributed by atoms with Crippen LogP contribution in [0.3, 0.4) is 0 Å². The fraction of sp³-hybridized carbons (Fsp3) is 0.294. The molecule has 0 N–H and O–H groups in total. The molecule has 0 heterocycles. The van der Waals surface area contributed by atoms with Gasteiger partial charge in [0.1, 0.15) is 0 Å². The van der Waals surface area contributed by atoms with E-state index in [0.29, 0.717) is 0 Å². The zero-order valence-electron chi connectivity index (χ0n) is 12.0. The maximum atomic E-state index is 6.27. The van der Waals surface area contributed by atoms with Gasteiger partial charge in [0.15, 0.2) is 0 Å². The molecule has 0 fully saturated rings. The fourth-order valence-corrected chi connectivity index (χ4v) is 3.88. The molecule has 2 rings (SSSR count). The Morgan fingerprint density at radius 3 is 1.58 bits per heavy atom. The summed E-state index contributed by atoms with van der Waals surface area (Å²) in [6, 6.07) is 21.0. The zero-order chi connectivity index (χ0) is 13.7. The van der Waals surface area contributed by atoms with E-state index in [1.165, 1.54) is 11.1 Å². The molecule has 2 aromatic carbocycles. The second kappa shape index (κ2) is 6.58. The Labute approximate surface area is 120 Å². The normalized spacial score (nSPS) is 11.8. The Hall–Kier alpha value is -0.801. The van der Waals surface area contributed by atoms with Crippen LogP contribution in [0.1, 0.15) is 17.2 Å². The summed E-state index contributed by atoms with van der Waals surface area (Å²) in [4.78, 5) is 7.21. The first-order valence-corrected chi connectivity index (χ1v) is 17.4. The summed E-state index contributed by atoms with van der Waals surface area (Å²) in [6.07, 6.45) is 0.0679. The minimum absolute atomic E-state index is 0.0679. The van der Waals surface area contributed by atoms with E-state index in [1.54, 1.807) is 0 Å². The van der Waals surface area contributed by atoms with Gasteiger partial charge in [0.25, 0.3) is 0 Å². The summed E-state index contributed by atoms with van der Waals surface area (Å²) in [5, 5.41) is 0. The van der Waals surface area contributed by atoms with Gasteiger partial charge in [0, 0.05) is 0 Å². The van der Waals surface area contributed by atoms with E-state index in [-0.39, 0.29) is 6.10 Å². The molecule has 0 atom stereocenters. The zero-order valence-corrected chi connectivity index (χ0v) is 14.8. The number of rotatable bonds is 5. The van der Waals surface area contributed by atoms with E-state index in [1.807, 2.05) is 0 Å². The van der Waals surface area contributed by atoms with Crippen LogP contribution in [0.25, 0.3) is 0 Å². The monoisotopic (exact) mass is 362 g/mol. The third-order valence-corrected chi connectivity index (χ3v) is 5.84. The van der Waals surface area contributed by atoms with Crippen molar-refractivity contribution in [2.24, 2.45) is 0 Å². The van der Waals surface area contributed by atoms with Crippen LogP contribution in [0, 0.1) is 0 Å². The van der Waals surface area contributed by atoms with E-state index in [2.05, 4.69) is 75.5 Å². The fourth-order valence-electron chi connectivity index (χ4n) is 1.97. The van der Waals surface area contributed by atoms with Crippen LogP contribution in [0.5, 0.6) is 0 Å². The molecule has 0 bridgehead atoms. The standard InChI is InChI=1S/C14H13O.3CH3.Sn/c1-15-14(12-8-4-2-5-9-12)13-10-6-3-7-11-13;;;;/h2-11,14H,1H2;3*1H3;. The molecule has 0 aliphatic rings. The number of hydrogen-bond acceptors (Lipinski definition) is 1. The summed E-state index contributed by atoms with van der Waals surface area (Å²) in [5.74, 6) is 0. The van der Waals surface area contributed by atoms with E-state index < -0.39 is 18.4 Å². The van der Waals surface area contributed by atoms with Crippen molar-refractivity contribution in [1.29, 1.82) is 0 Å². The van der Waals surface area contributed by atoms with Crippen LogP contribution in [-0.4, -0.2) is 23.0 Å². The van der Waals surface area contributed by atoms with Crippen molar-refractivity contribution in [3.8, 4) is 0 Å². The number of hydrogen-bond donors (Lipinski definition) is 0. The average molecular weight is 361 g/mol. The van der Waals surface area contributed by atoms with Crippen LogP contribution in [0.4, 0.5) is 0 Å². The van der Waals surface area contributed by atoms with Crippen molar-refractivity contribution in [2.75, 3.05) is 4.62 Å². The Morgan fingerprint density at radius 1 is 0.789 bits per heavy atom. The van der Waals surface area contributed by atoms with Gasteiger partial charge in [0.2, 0.25) is 0 Å².